The molecule has 0 saturated heterocycles. The lowest BCUT2D eigenvalue weighted by molar-refractivity contribution is 0.0750. The van der Waals surface area contributed by atoms with Crippen molar-refractivity contribution in [1.82, 2.24) is 0 Å². The summed E-state index contributed by atoms with van der Waals surface area (Å²) in [6.45, 7) is 6.45. The van der Waals surface area contributed by atoms with E-state index in [2.05, 4.69) is 39.0 Å². The van der Waals surface area contributed by atoms with Crippen LogP contribution in [0.2, 0.25) is 0 Å². The Morgan fingerprint density at radius 2 is 2.00 bits per heavy atom. The van der Waals surface area contributed by atoms with Gasteiger partial charge in [0.15, 0.2) is 0 Å². The monoisotopic (exact) mass is 190 g/mol. The molecule has 0 aromatic heterocycles. The fraction of sp³-hybridized carbons (Fsp3) is 0.538. The minimum absolute atomic E-state index is 0.269. The Labute approximate surface area is 85.8 Å². The summed E-state index contributed by atoms with van der Waals surface area (Å²) in [7, 11) is 0. The average molecular weight is 190 g/mol. The molecule has 14 heavy (non-hydrogen) atoms. The van der Waals surface area contributed by atoms with Crippen molar-refractivity contribution in [3.05, 3.63) is 34.9 Å². The predicted octanol–water partition coefficient (Wildman–Crippen LogP) is 2.86. The van der Waals surface area contributed by atoms with Crippen molar-refractivity contribution >= 4 is 0 Å². The standard InChI is InChI=1S/C13H18O/c1-8-5-4-6-11-7-9(2)10(3)13(14)12(8)11/h4-6,9-10,13-14H,7H2,1-3H3/t9?,10?,13-/m1/s1. The summed E-state index contributed by atoms with van der Waals surface area (Å²) >= 11 is 0. The van der Waals surface area contributed by atoms with E-state index in [9.17, 15) is 5.11 Å². The van der Waals surface area contributed by atoms with Gasteiger partial charge in [0.05, 0.1) is 6.10 Å². The third-order valence-corrected chi connectivity index (χ3v) is 3.65. The molecule has 3 atom stereocenters. The molecule has 1 aromatic rings. The van der Waals surface area contributed by atoms with Crippen LogP contribution in [0.25, 0.3) is 0 Å². The number of hydrogen-bond donors (Lipinski definition) is 1. The number of aliphatic hydroxyl groups is 1. The Morgan fingerprint density at radius 1 is 1.29 bits per heavy atom. The molecule has 0 spiro atoms. The van der Waals surface area contributed by atoms with Gasteiger partial charge in [0, 0.05) is 0 Å². The molecule has 0 fully saturated rings. The van der Waals surface area contributed by atoms with Crippen LogP contribution in [-0.4, -0.2) is 5.11 Å². The number of hydrogen-bond acceptors (Lipinski definition) is 1. The van der Waals surface area contributed by atoms with E-state index in [-0.39, 0.29) is 6.10 Å². The zero-order valence-electron chi connectivity index (χ0n) is 9.12. The fourth-order valence-electron chi connectivity index (χ4n) is 2.45. The van der Waals surface area contributed by atoms with Crippen molar-refractivity contribution in [2.24, 2.45) is 11.8 Å². The molecule has 1 heteroatoms. The van der Waals surface area contributed by atoms with E-state index < -0.39 is 0 Å². The van der Waals surface area contributed by atoms with Gasteiger partial charge < -0.3 is 5.11 Å². The third kappa shape index (κ3) is 1.36. The second-order valence-electron chi connectivity index (χ2n) is 4.63. The van der Waals surface area contributed by atoms with Gasteiger partial charge in [-0.25, -0.2) is 0 Å². The van der Waals surface area contributed by atoms with E-state index >= 15 is 0 Å². The maximum absolute atomic E-state index is 10.2. The summed E-state index contributed by atoms with van der Waals surface area (Å²) in [5.74, 6) is 0.961. The molecule has 0 radical (unpaired) electrons. The Balaban J connectivity index is 2.51. The van der Waals surface area contributed by atoms with Crippen LogP contribution in [0.15, 0.2) is 18.2 Å². The molecule has 2 unspecified atom stereocenters. The lowest BCUT2D eigenvalue weighted by Gasteiger charge is -2.33. The quantitative estimate of drug-likeness (QED) is 0.667. The van der Waals surface area contributed by atoms with Crippen molar-refractivity contribution in [3.63, 3.8) is 0 Å². The number of fused-ring (bicyclic) bond motifs is 1. The first kappa shape index (κ1) is 9.72. The SMILES string of the molecule is Cc1cccc2c1[C@H](O)C(C)C(C)C2. The molecule has 0 amide bonds. The number of aliphatic hydroxyl groups excluding tert-OH is 1. The molecule has 1 aliphatic rings. The van der Waals surface area contributed by atoms with Gasteiger partial charge in [-0.05, 0) is 41.9 Å². The number of benzene rings is 1. The zero-order valence-corrected chi connectivity index (χ0v) is 9.12. The first-order chi connectivity index (χ1) is 6.61. The van der Waals surface area contributed by atoms with Gasteiger partial charge in [0.25, 0.3) is 0 Å². The minimum atomic E-state index is -0.269. The Bertz CT molecular complexity index is 343. The molecule has 1 N–H and O–H groups in total. The predicted molar refractivity (Wildman–Crippen MR) is 58.2 cm³/mol. The molecule has 2 rings (SSSR count). The van der Waals surface area contributed by atoms with Gasteiger partial charge >= 0.3 is 0 Å². The summed E-state index contributed by atoms with van der Waals surface area (Å²) in [6.07, 6.45) is 0.838. The second kappa shape index (κ2) is 3.39. The van der Waals surface area contributed by atoms with E-state index in [0.29, 0.717) is 11.8 Å². The van der Waals surface area contributed by atoms with Crippen LogP contribution in [0, 0.1) is 18.8 Å². The van der Waals surface area contributed by atoms with Crippen molar-refractivity contribution in [3.8, 4) is 0 Å². The highest BCUT2D eigenvalue weighted by Gasteiger charge is 2.30. The molecule has 1 aromatic carbocycles. The molecule has 1 nitrogen and oxygen atoms in total. The lowest BCUT2D eigenvalue weighted by atomic mass is 9.74. The first-order valence-electron chi connectivity index (χ1n) is 5.37. The Hall–Kier alpha value is -0.820. The Kier molecular flexibility index (Phi) is 2.36. The summed E-state index contributed by atoms with van der Waals surface area (Å²) in [5, 5.41) is 10.2. The maximum atomic E-state index is 10.2. The summed E-state index contributed by atoms with van der Waals surface area (Å²) in [5.41, 5.74) is 3.75. The highest BCUT2D eigenvalue weighted by molar-refractivity contribution is 5.38. The maximum Gasteiger partial charge on any atom is 0.0823 e. The largest absolute Gasteiger partial charge is 0.388 e. The number of aryl methyl sites for hydroxylation is 1. The van der Waals surface area contributed by atoms with Gasteiger partial charge in [-0.2, -0.15) is 0 Å². The highest BCUT2D eigenvalue weighted by Crippen LogP contribution is 2.38. The van der Waals surface area contributed by atoms with Gasteiger partial charge in [-0.15, -0.1) is 0 Å². The van der Waals surface area contributed by atoms with Crippen LogP contribution in [0.5, 0.6) is 0 Å². The van der Waals surface area contributed by atoms with Crippen molar-refractivity contribution in [2.75, 3.05) is 0 Å². The van der Waals surface area contributed by atoms with Crippen molar-refractivity contribution < 1.29 is 5.11 Å². The van der Waals surface area contributed by atoms with Gasteiger partial charge in [-0.1, -0.05) is 32.0 Å². The molecular weight excluding hydrogens is 172 g/mol. The van der Waals surface area contributed by atoms with E-state index in [1.54, 1.807) is 0 Å². The van der Waals surface area contributed by atoms with E-state index in [4.69, 9.17) is 0 Å². The summed E-state index contributed by atoms with van der Waals surface area (Å²) in [4.78, 5) is 0. The van der Waals surface area contributed by atoms with E-state index in [1.807, 2.05) is 0 Å². The lowest BCUT2D eigenvalue weighted by Crippen LogP contribution is -2.26. The van der Waals surface area contributed by atoms with E-state index in [1.165, 1.54) is 16.7 Å². The van der Waals surface area contributed by atoms with E-state index in [0.717, 1.165) is 6.42 Å². The van der Waals surface area contributed by atoms with Crippen LogP contribution in [0.3, 0.4) is 0 Å². The Morgan fingerprint density at radius 3 is 2.71 bits per heavy atom. The molecule has 0 heterocycles. The molecule has 76 valence electrons. The topological polar surface area (TPSA) is 20.2 Å². The van der Waals surface area contributed by atoms with Gasteiger partial charge in [0.1, 0.15) is 0 Å². The molecule has 0 aliphatic heterocycles. The van der Waals surface area contributed by atoms with Crippen LogP contribution < -0.4 is 0 Å². The molecule has 0 saturated carbocycles. The zero-order chi connectivity index (χ0) is 10.3. The first-order valence-corrected chi connectivity index (χ1v) is 5.37. The summed E-state index contributed by atoms with van der Waals surface area (Å²) in [6, 6.07) is 6.32. The smallest absolute Gasteiger partial charge is 0.0823 e. The highest BCUT2D eigenvalue weighted by atomic mass is 16.3. The van der Waals surface area contributed by atoms with Crippen molar-refractivity contribution in [1.29, 1.82) is 0 Å². The van der Waals surface area contributed by atoms with Crippen LogP contribution in [-0.2, 0) is 6.42 Å². The van der Waals surface area contributed by atoms with Crippen LogP contribution >= 0.6 is 0 Å². The molecule has 0 bridgehead atoms. The second-order valence-corrected chi connectivity index (χ2v) is 4.63. The minimum Gasteiger partial charge on any atom is -0.388 e. The average Bonchev–Trinajstić information content (AvgIpc) is 2.14. The third-order valence-electron chi connectivity index (χ3n) is 3.65. The van der Waals surface area contributed by atoms with Crippen LogP contribution in [0.1, 0.15) is 36.6 Å². The molecule has 1 aliphatic carbocycles. The summed E-state index contributed by atoms with van der Waals surface area (Å²) < 4.78 is 0. The normalized spacial score (nSPS) is 31.3. The van der Waals surface area contributed by atoms with Crippen molar-refractivity contribution in [2.45, 2.75) is 33.3 Å². The fourth-order valence-corrected chi connectivity index (χ4v) is 2.45. The van der Waals surface area contributed by atoms with Gasteiger partial charge in [0.2, 0.25) is 0 Å². The number of rotatable bonds is 0. The molecular formula is C13H18O. The van der Waals surface area contributed by atoms with Crippen LogP contribution in [0.4, 0.5) is 0 Å². The van der Waals surface area contributed by atoms with Gasteiger partial charge in [-0.3, -0.25) is 0 Å².